The van der Waals surface area contributed by atoms with Crippen molar-refractivity contribution in [2.75, 3.05) is 0 Å². The minimum absolute atomic E-state index is 0.164. The lowest BCUT2D eigenvalue weighted by Crippen LogP contribution is -2.62. The van der Waals surface area contributed by atoms with E-state index in [1.165, 1.54) is 18.2 Å². The SMILES string of the molecule is OC1Cc2ccccc2C1C(O)(C(F)(F)F)C(F)(F)F. The number of alkyl halides is 6. The molecule has 0 aliphatic heterocycles. The smallest absolute Gasteiger partial charge is 0.392 e. The third-order valence-corrected chi connectivity index (χ3v) is 3.52. The molecule has 112 valence electrons. The highest BCUT2D eigenvalue weighted by molar-refractivity contribution is 5.40. The molecule has 0 amide bonds. The van der Waals surface area contributed by atoms with Gasteiger partial charge in [-0.2, -0.15) is 26.3 Å². The highest BCUT2D eigenvalue weighted by Crippen LogP contribution is 2.55. The fourth-order valence-electron chi connectivity index (χ4n) is 2.59. The van der Waals surface area contributed by atoms with E-state index >= 15 is 0 Å². The Hall–Kier alpha value is -1.28. The Morgan fingerprint density at radius 2 is 1.45 bits per heavy atom. The van der Waals surface area contributed by atoms with Gasteiger partial charge in [-0.05, 0) is 17.5 Å². The molecule has 0 fully saturated rings. The van der Waals surface area contributed by atoms with E-state index < -0.39 is 30.0 Å². The van der Waals surface area contributed by atoms with Gasteiger partial charge in [-0.15, -0.1) is 0 Å². The molecule has 0 saturated heterocycles. The van der Waals surface area contributed by atoms with E-state index in [-0.39, 0.29) is 17.5 Å². The molecule has 0 aromatic heterocycles. The molecule has 8 heteroatoms. The van der Waals surface area contributed by atoms with E-state index in [1.807, 2.05) is 0 Å². The van der Waals surface area contributed by atoms with E-state index in [9.17, 15) is 36.6 Å². The molecule has 1 aromatic rings. The second kappa shape index (κ2) is 4.36. The average molecular weight is 300 g/mol. The predicted octanol–water partition coefficient (Wildman–Crippen LogP) is 2.54. The molecule has 2 rings (SSSR count). The quantitative estimate of drug-likeness (QED) is 0.783. The third kappa shape index (κ3) is 1.98. The summed E-state index contributed by atoms with van der Waals surface area (Å²) in [5.74, 6) is -2.49. The fourth-order valence-corrected chi connectivity index (χ4v) is 2.59. The average Bonchev–Trinajstić information content (AvgIpc) is 2.61. The number of hydrogen-bond donors (Lipinski definition) is 2. The maximum Gasteiger partial charge on any atom is 0.426 e. The lowest BCUT2D eigenvalue weighted by atomic mass is 9.80. The van der Waals surface area contributed by atoms with Crippen LogP contribution in [0.25, 0.3) is 0 Å². The Morgan fingerprint density at radius 1 is 0.950 bits per heavy atom. The van der Waals surface area contributed by atoms with Gasteiger partial charge in [0.1, 0.15) is 0 Å². The Kier molecular flexibility index (Phi) is 3.29. The van der Waals surface area contributed by atoms with Crippen LogP contribution in [0.15, 0.2) is 24.3 Å². The zero-order valence-corrected chi connectivity index (χ0v) is 9.83. The van der Waals surface area contributed by atoms with Crippen molar-refractivity contribution in [2.45, 2.75) is 36.4 Å². The maximum absolute atomic E-state index is 12.8. The highest BCUT2D eigenvalue weighted by Gasteiger charge is 2.75. The van der Waals surface area contributed by atoms with Crippen LogP contribution in [0.2, 0.25) is 0 Å². The van der Waals surface area contributed by atoms with Crippen molar-refractivity contribution in [3.63, 3.8) is 0 Å². The molecule has 0 saturated carbocycles. The molecule has 20 heavy (non-hydrogen) atoms. The van der Waals surface area contributed by atoms with Gasteiger partial charge < -0.3 is 10.2 Å². The molecule has 2 unspecified atom stereocenters. The molecule has 1 aromatic carbocycles. The number of hydrogen-bond acceptors (Lipinski definition) is 2. The van der Waals surface area contributed by atoms with Crippen LogP contribution in [0, 0.1) is 0 Å². The number of aliphatic hydroxyl groups is 2. The molecule has 1 aliphatic carbocycles. The predicted molar refractivity (Wildman–Crippen MR) is 56.0 cm³/mol. The molecule has 0 heterocycles. The second-order valence-electron chi connectivity index (χ2n) is 4.71. The first-order chi connectivity index (χ1) is 9.00. The van der Waals surface area contributed by atoms with Crippen LogP contribution in [0.5, 0.6) is 0 Å². The summed E-state index contributed by atoms with van der Waals surface area (Å²) in [6.45, 7) is 0. The minimum atomic E-state index is -5.95. The van der Waals surface area contributed by atoms with Crippen molar-refractivity contribution in [2.24, 2.45) is 0 Å². The van der Waals surface area contributed by atoms with Gasteiger partial charge in [0.15, 0.2) is 0 Å². The Morgan fingerprint density at radius 3 is 1.95 bits per heavy atom. The monoisotopic (exact) mass is 300 g/mol. The lowest BCUT2D eigenvalue weighted by Gasteiger charge is -2.38. The summed E-state index contributed by atoms with van der Waals surface area (Å²) < 4.78 is 77.0. The highest BCUT2D eigenvalue weighted by atomic mass is 19.4. The second-order valence-corrected chi connectivity index (χ2v) is 4.71. The number of benzene rings is 1. The van der Waals surface area contributed by atoms with Gasteiger partial charge >= 0.3 is 12.4 Å². The maximum atomic E-state index is 12.8. The largest absolute Gasteiger partial charge is 0.426 e. The van der Waals surface area contributed by atoms with Gasteiger partial charge in [-0.3, -0.25) is 0 Å². The van der Waals surface area contributed by atoms with Crippen LogP contribution in [0.1, 0.15) is 17.0 Å². The van der Waals surface area contributed by atoms with Crippen LogP contribution >= 0.6 is 0 Å². The van der Waals surface area contributed by atoms with Gasteiger partial charge in [0.05, 0.1) is 12.0 Å². The zero-order valence-electron chi connectivity index (χ0n) is 9.83. The van der Waals surface area contributed by atoms with Crippen LogP contribution in [-0.4, -0.2) is 34.3 Å². The van der Waals surface area contributed by atoms with Crippen LogP contribution in [0.4, 0.5) is 26.3 Å². The molecule has 2 N–H and O–H groups in total. The molecular weight excluding hydrogens is 290 g/mol. The number of fused-ring (bicyclic) bond motifs is 1. The number of rotatable bonds is 1. The van der Waals surface area contributed by atoms with E-state index in [4.69, 9.17) is 0 Å². The summed E-state index contributed by atoms with van der Waals surface area (Å²) in [7, 11) is 0. The van der Waals surface area contributed by atoms with Gasteiger partial charge in [0, 0.05) is 0 Å². The Balaban J connectivity index is 2.62. The molecular formula is C12H10F6O2. The van der Waals surface area contributed by atoms with E-state index in [2.05, 4.69) is 0 Å². The summed E-state index contributed by atoms with van der Waals surface area (Å²) in [5, 5.41) is 19.0. The van der Waals surface area contributed by atoms with Crippen LogP contribution in [-0.2, 0) is 6.42 Å². The van der Waals surface area contributed by atoms with E-state index in [0.29, 0.717) is 0 Å². The molecule has 2 atom stereocenters. The molecule has 0 spiro atoms. The first kappa shape index (κ1) is 15.1. The Bertz CT molecular complexity index is 493. The summed E-state index contributed by atoms with van der Waals surface area (Å²) >= 11 is 0. The fraction of sp³-hybridized carbons (Fsp3) is 0.500. The standard InChI is InChI=1S/C12H10F6O2/c13-11(14,15)10(20,12(16,17)18)9-7-4-2-1-3-6(7)5-8(9)19/h1-4,8-9,19-20H,5H2. The summed E-state index contributed by atoms with van der Waals surface area (Å²) in [6, 6.07) is 5.08. The van der Waals surface area contributed by atoms with Gasteiger partial charge in [-0.25, -0.2) is 0 Å². The lowest BCUT2D eigenvalue weighted by molar-refractivity contribution is -0.379. The third-order valence-electron chi connectivity index (χ3n) is 3.52. The van der Waals surface area contributed by atoms with Gasteiger partial charge in [-0.1, -0.05) is 24.3 Å². The molecule has 0 radical (unpaired) electrons. The van der Waals surface area contributed by atoms with Gasteiger partial charge in [0.25, 0.3) is 5.60 Å². The topological polar surface area (TPSA) is 40.5 Å². The summed E-state index contributed by atoms with van der Waals surface area (Å²) in [6.07, 6.45) is -14.2. The van der Waals surface area contributed by atoms with Crippen LogP contribution < -0.4 is 0 Å². The number of aliphatic hydroxyl groups excluding tert-OH is 1. The van der Waals surface area contributed by atoms with Crippen LogP contribution in [0.3, 0.4) is 0 Å². The first-order valence-corrected chi connectivity index (χ1v) is 5.62. The molecule has 0 bridgehead atoms. The summed E-state index contributed by atoms with van der Waals surface area (Å²) in [4.78, 5) is 0. The molecule has 2 nitrogen and oxygen atoms in total. The Labute approximate surface area is 109 Å². The van der Waals surface area contributed by atoms with Crippen molar-refractivity contribution in [3.05, 3.63) is 35.4 Å². The first-order valence-electron chi connectivity index (χ1n) is 5.62. The number of halogens is 6. The minimum Gasteiger partial charge on any atom is -0.392 e. The van der Waals surface area contributed by atoms with Gasteiger partial charge in [0.2, 0.25) is 0 Å². The van der Waals surface area contributed by atoms with Crippen molar-refractivity contribution in [1.82, 2.24) is 0 Å². The van der Waals surface area contributed by atoms with Crippen molar-refractivity contribution < 1.29 is 36.6 Å². The van der Waals surface area contributed by atoms with E-state index in [0.717, 1.165) is 6.07 Å². The van der Waals surface area contributed by atoms with Crippen molar-refractivity contribution >= 4 is 0 Å². The molecule has 1 aliphatic rings. The normalized spacial score (nSPS) is 23.8. The van der Waals surface area contributed by atoms with E-state index in [1.54, 1.807) is 0 Å². The zero-order chi connectivity index (χ0) is 15.3. The van der Waals surface area contributed by atoms with Crippen molar-refractivity contribution in [1.29, 1.82) is 0 Å². The van der Waals surface area contributed by atoms with Crippen molar-refractivity contribution in [3.8, 4) is 0 Å². The summed E-state index contributed by atoms with van der Waals surface area (Å²) in [5.41, 5.74) is -5.15.